The first kappa shape index (κ1) is 23.7. The number of esters is 1. The van der Waals surface area contributed by atoms with E-state index in [-0.39, 0.29) is 23.7 Å². The van der Waals surface area contributed by atoms with Crippen LogP contribution in [-0.4, -0.2) is 43.6 Å². The van der Waals surface area contributed by atoms with E-state index < -0.39 is 35.7 Å². The zero-order valence-corrected chi connectivity index (χ0v) is 17.8. The Balaban J connectivity index is 1.93. The van der Waals surface area contributed by atoms with Crippen LogP contribution in [-0.2, 0) is 14.3 Å². The zero-order chi connectivity index (χ0) is 23.0. The molecule has 2 amide bonds. The number of anilines is 1. The monoisotopic (exact) mass is 432 g/mol. The number of benzene rings is 2. The van der Waals surface area contributed by atoms with Gasteiger partial charge in [0, 0.05) is 11.2 Å². The van der Waals surface area contributed by atoms with E-state index in [1.807, 2.05) is 20.8 Å². The van der Waals surface area contributed by atoms with Gasteiger partial charge in [-0.2, -0.15) is 0 Å². The fourth-order valence-corrected chi connectivity index (χ4v) is 2.46. The van der Waals surface area contributed by atoms with E-state index in [9.17, 15) is 18.8 Å². The van der Waals surface area contributed by atoms with Crippen LogP contribution < -0.4 is 20.1 Å². The molecular weight excluding hydrogens is 407 g/mol. The van der Waals surface area contributed by atoms with Gasteiger partial charge in [0.2, 0.25) is 0 Å². The molecule has 31 heavy (non-hydrogen) atoms. The van der Waals surface area contributed by atoms with E-state index in [4.69, 9.17) is 14.2 Å². The predicted molar refractivity (Wildman–Crippen MR) is 112 cm³/mol. The predicted octanol–water partition coefficient (Wildman–Crippen LogP) is 2.92. The number of rotatable bonds is 8. The molecule has 0 aliphatic rings. The molecule has 0 unspecified atom stereocenters. The van der Waals surface area contributed by atoms with Crippen LogP contribution in [0.15, 0.2) is 42.5 Å². The topological polar surface area (TPSA) is 103 Å². The maximum atomic E-state index is 12.9. The summed E-state index contributed by atoms with van der Waals surface area (Å²) in [5, 5.41) is 5.25. The average Bonchev–Trinajstić information content (AvgIpc) is 2.70. The van der Waals surface area contributed by atoms with Crippen LogP contribution in [0.5, 0.6) is 11.5 Å². The zero-order valence-electron chi connectivity index (χ0n) is 17.8. The molecule has 0 spiro atoms. The van der Waals surface area contributed by atoms with Gasteiger partial charge in [-0.15, -0.1) is 0 Å². The van der Waals surface area contributed by atoms with Crippen molar-refractivity contribution in [1.82, 2.24) is 5.32 Å². The second kappa shape index (κ2) is 10.4. The van der Waals surface area contributed by atoms with Gasteiger partial charge in [0.15, 0.2) is 24.7 Å². The first-order chi connectivity index (χ1) is 14.6. The molecule has 166 valence electrons. The highest BCUT2D eigenvalue weighted by atomic mass is 19.1. The van der Waals surface area contributed by atoms with Crippen molar-refractivity contribution in [2.75, 3.05) is 25.6 Å². The van der Waals surface area contributed by atoms with Gasteiger partial charge in [-0.25, -0.2) is 9.18 Å². The lowest BCUT2D eigenvalue weighted by Gasteiger charge is -2.20. The normalized spacial score (nSPS) is 10.7. The molecule has 9 heteroatoms. The summed E-state index contributed by atoms with van der Waals surface area (Å²) in [5.74, 6) is -1.54. The fourth-order valence-electron chi connectivity index (χ4n) is 2.46. The lowest BCUT2D eigenvalue weighted by Crippen LogP contribution is -2.42. The van der Waals surface area contributed by atoms with E-state index >= 15 is 0 Å². The van der Waals surface area contributed by atoms with E-state index in [0.29, 0.717) is 5.69 Å². The number of hydrogen-bond donors (Lipinski definition) is 2. The van der Waals surface area contributed by atoms with Crippen molar-refractivity contribution >= 4 is 23.5 Å². The standard InChI is InChI=1S/C22H25FN2O6/c1-22(2,3)25-20(27)13-31-21(28)14-5-10-17(18(11-14)29-4)30-12-19(26)24-16-8-6-15(23)7-9-16/h5-11H,12-13H2,1-4H3,(H,24,26)(H,25,27). The molecule has 0 atom stereocenters. The smallest absolute Gasteiger partial charge is 0.338 e. The van der Waals surface area contributed by atoms with Crippen LogP contribution in [0.3, 0.4) is 0 Å². The molecular formula is C22H25FN2O6. The molecule has 2 N–H and O–H groups in total. The van der Waals surface area contributed by atoms with Crippen molar-refractivity contribution in [3.05, 3.63) is 53.8 Å². The highest BCUT2D eigenvalue weighted by molar-refractivity contribution is 5.93. The number of ether oxygens (including phenoxy) is 3. The molecule has 0 aliphatic carbocycles. The Morgan fingerprint density at radius 1 is 0.935 bits per heavy atom. The number of amides is 2. The van der Waals surface area contributed by atoms with Crippen molar-refractivity contribution in [3.8, 4) is 11.5 Å². The lowest BCUT2D eigenvalue weighted by atomic mass is 10.1. The molecule has 0 heterocycles. The molecule has 0 saturated heterocycles. The van der Waals surface area contributed by atoms with Gasteiger partial charge < -0.3 is 24.8 Å². The minimum Gasteiger partial charge on any atom is -0.493 e. The summed E-state index contributed by atoms with van der Waals surface area (Å²) in [7, 11) is 1.38. The maximum Gasteiger partial charge on any atom is 0.338 e. The summed E-state index contributed by atoms with van der Waals surface area (Å²) >= 11 is 0. The first-order valence-corrected chi connectivity index (χ1v) is 9.42. The number of halogens is 1. The van der Waals surface area contributed by atoms with Gasteiger partial charge in [-0.1, -0.05) is 0 Å². The maximum absolute atomic E-state index is 12.9. The van der Waals surface area contributed by atoms with Gasteiger partial charge in [0.1, 0.15) is 5.82 Å². The second-order valence-corrected chi connectivity index (χ2v) is 7.58. The summed E-state index contributed by atoms with van der Waals surface area (Å²) in [6.45, 7) is 4.70. The lowest BCUT2D eigenvalue weighted by molar-refractivity contribution is -0.125. The summed E-state index contributed by atoms with van der Waals surface area (Å²) < 4.78 is 28.6. The number of methoxy groups -OCH3 is 1. The van der Waals surface area contributed by atoms with E-state index in [1.165, 1.54) is 49.6 Å². The molecule has 8 nitrogen and oxygen atoms in total. The molecule has 0 saturated carbocycles. The summed E-state index contributed by atoms with van der Waals surface area (Å²) in [6, 6.07) is 9.58. The van der Waals surface area contributed by atoms with Crippen LogP contribution in [0, 0.1) is 5.82 Å². The van der Waals surface area contributed by atoms with Crippen LogP contribution in [0.2, 0.25) is 0 Å². The minimum absolute atomic E-state index is 0.156. The third-order valence-corrected chi connectivity index (χ3v) is 3.73. The van der Waals surface area contributed by atoms with Gasteiger partial charge in [0.05, 0.1) is 12.7 Å². The van der Waals surface area contributed by atoms with Gasteiger partial charge in [-0.3, -0.25) is 9.59 Å². The number of nitrogens with one attached hydrogen (secondary N) is 2. The minimum atomic E-state index is -0.706. The summed E-state index contributed by atoms with van der Waals surface area (Å²) in [6.07, 6.45) is 0. The van der Waals surface area contributed by atoms with Crippen LogP contribution in [0.25, 0.3) is 0 Å². The van der Waals surface area contributed by atoms with Gasteiger partial charge >= 0.3 is 5.97 Å². The third kappa shape index (κ3) is 7.96. The Morgan fingerprint density at radius 3 is 2.23 bits per heavy atom. The van der Waals surface area contributed by atoms with Gasteiger partial charge in [0.25, 0.3) is 11.8 Å². The highest BCUT2D eigenvalue weighted by Crippen LogP contribution is 2.28. The van der Waals surface area contributed by atoms with Crippen molar-refractivity contribution < 1.29 is 33.0 Å². The van der Waals surface area contributed by atoms with Crippen molar-refractivity contribution in [1.29, 1.82) is 0 Å². The Kier molecular flexibility index (Phi) is 7.95. The van der Waals surface area contributed by atoms with Crippen LogP contribution >= 0.6 is 0 Å². The van der Waals surface area contributed by atoms with E-state index in [2.05, 4.69) is 10.6 Å². The second-order valence-electron chi connectivity index (χ2n) is 7.58. The molecule has 0 aromatic heterocycles. The SMILES string of the molecule is COc1cc(C(=O)OCC(=O)NC(C)(C)C)ccc1OCC(=O)Nc1ccc(F)cc1. The Bertz CT molecular complexity index is 938. The third-order valence-electron chi connectivity index (χ3n) is 3.73. The van der Waals surface area contributed by atoms with Gasteiger partial charge in [-0.05, 0) is 63.2 Å². The number of carbonyl (C=O) groups excluding carboxylic acids is 3. The van der Waals surface area contributed by atoms with Crippen molar-refractivity contribution in [3.63, 3.8) is 0 Å². The highest BCUT2D eigenvalue weighted by Gasteiger charge is 2.17. The van der Waals surface area contributed by atoms with Crippen molar-refractivity contribution in [2.45, 2.75) is 26.3 Å². The molecule has 2 aromatic carbocycles. The average molecular weight is 432 g/mol. The molecule has 0 fully saturated rings. The Labute approximate surface area is 179 Å². The molecule has 0 aliphatic heterocycles. The largest absolute Gasteiger partial charge is 0.493 e. The van der Waals surface area contributed by atoms with E-state index in [1.54, 1.807) is 0 Å². The molecule has 0 bridgehead atoms. The van der Waals surface area contributed by atoms with Crippen LogP contribution in [0.4, 0.5) is 10.1 Å². The molecule has 2 aromatic rings. The first-order valence-electron chi connectivity index (χ1n) is 9.42. The molecule has 0 radical (unpaired) electrons. The quantitative estimate of drug-likeness (QED) is 0.622. The Hall–Kier alpha value is -3.62. The van der Waals surface area contributed by atoms with Crippen molar-refractivity contribution in [2.24, 2.45) is 0 Å². The number of carbonyl (C=O) groups is 3. The summed E-state index contributed by atoms with van der Waals surface area (Å²) in [5.41, 5.74) is 0.147. The summed E-state index contributed by atoms with van der Waals surface area (Å²) in [4.78, 5) is 36.0. The van der Waals surface area contributed by atoms with Crippen LogP contribution in [0.1, 0.15) is 31.1 Å². The Morgan fingerprint density at radius 2 is 1.61 bits per heavy atom. The van der Waals surface area contributed by atoms with E-state index in [0.717, 1.165) is 0 Å². The number of hydrogen-bond acceptors (Lipinski definition) is 6. The molecule has 2 rings (SSSR count). The fraction of sp³-hybridized carbons (Fsp3) is 0.318.